The van der Waals surface area contributed by atoms with E-state index < -0.39 is 5.60 Å². The van der Waals surface area contributed by atoms with E-state index in [9.17, 15) is 9.90 Å². The zero-order chi connectivity index (χ0) is 13.9. The summed E-state index contributed by atoms with van der Waals surface area (Å²) < 4.78 is 5.16. The molecule has 1 aromatic heterocycles. The van der Waals surface area contributed by atoms with Crippen molar-refractivity contribution >= 4 is 5.91 Å². The maximum atomic E-state index is 12.1. The molecule has 1 unspecified atom stereocenters. The van der Waals surface area contributed by atoms with Gasteiger partial charge in [0.05, 0.1) is 11.3 Å². The Bertz CT molecular complexity index is 422. The SMILES string of the molecule is CCC(C)(O)CNC(=O)c1c(C)noc1C(C)C. The van der Waals surface area contributed by atoms with E-state index in [0.29, 0.717) is 23.4 Å². The van der Waals surface area contributed by atoms with Gasteiger partial charge in [0.15, 0.2) is 5.76 Å². The van der Waals surface area contributed by atoms with Crippen LogP contribution in [0.5, 0.6) is 0 Å². The van der Waals surface area contributed by atoms with E-state index in [1.54, 1.807) is 13.8 Å². The standard InChI is InChI=1S/C13H22N2O3/c1-6-13(5,17)7-14-12(16)10-9(4)15-18-11(10)8(2)3/h8,17H,6-7H2,1-5H3,(H,14,16). The van der Waals surface area contributed by atoms with Crippen LogP contribution in [0.3, 0.4) is 0 Å². The number of rotatable bonds is 5. The second kappa shape index (κ2) is 5.52. The van der Waals surface area contributed by atoms with Crippen LogP contribution in [-0.4, -0.2) is 28.3 Å². The average Bonchev–Trinajstić information content (AvgIpc) is 2.68. The average molecular weight is 254 g/mol. The maximum Gasteiger partial charge on any atom is 0.256 e. The van der Waals surface area contributed by atoms with Gasteiger partial charge in [-0.05, 0) is 20.3 Å². The van der Waals surface area contributed by atoms with Crippen LogP contribution in [0.15, 0.2) is 4.52 Å². The Hall–Kier alpha value is -1.36. The van der Waals surface area contributed by atoms with Gasteiger partial charge in [0.1, 0.15) is 5.56 Å². The number of nitrogens with one attached hydrogen (secondary N) is 1. The minimum absolute atomic E-state index is 0.0960. The molecule has 5 nitrogen and oxygen atoms in total. The van der Waals surface area contributed by atoms with Crippen LogP contribution in [-0.2, 0) is 0 Å². The molecular weight excluding hydrogens is 232 g/mol. The van der Waals surface area contributed by atoms with Crippen LogP contribution in [0.4, 0.5) is 0 Å². The summed E-state index contributed by atoms with van der Waals surface area (Å²) >= 11 is 0. The van der Waals surface area contributed by atoms with Gasteiger partial charge in [-0.25, -0.2) is 0 Å². The molecule has 18 heavy (non-hydrogen) atoms. The number of carbonyl (C=O) groups is 1. The Balaban J connectivity index is 2.82. The molecule has 0 saturated carbocycles. The van der Waals surface area contributed by atoms with Gasteiger partial charge < -0.3 is 14.9 Å². The van der Waals surface area contributed by atoms with Crippen molar-refractivity contribution in [1.29, 1.82) is 0 Å². The lowest BCUT2D eigenvalue weighted by Crippen LogP contribution is -2.40. The minimum atomic E-state index is -0.890. The summed E-state index contributed by atoms with van der Waals surface area (Å²) in [6.07, 6.45) is 0.576. The molecule has 0 aliphatic heterocycles. The molecule has 0 saturated heterocycles. The molecule has 1 heterocycles. The first-order valence-electron chi connectivity index (χ1n) is 6.25. The zero-order valence-corrected chi connectivity index (χ0v) is 11.7. The van der Waals surface area contributed by atoms with E-state index in [0.717, 1.165) is 0 Å². The lowest BCUT2D eigenvalue weighted by molar-refractivity contribution is 0.0517. The quantitative estimate of drug-likeness (QED) is 0.842. The smallest absolute Gasteiger partial charge is 0.256 e. The Morgan fingerprint density at radius 1 is 1.56 bits per heavy atom. The number of amides is 1. The van der Waals surface area contributed by atoms with E-state index in [4.69, 9.17) is 4.52 Å². The van der Waals surface area contributed by atoms with Crippen LogP contribution >= 0.6 is 0 Å². The molecular formula is C13H22N2O3. The molecule has 0 bridgehead atoms. The highest BCUT2D eigenvalue weighted by atomic mass is 16.5. The molecule has 0 spiro atoms. The molecule has 1 amide bonds. The largest absolute Gasteiger partial charge is 0.388 e. The number of aryl methyl sites for hydroxylation is 1. The van der Waals surface area contributed by atoms with Crippen molar-refractivity contribution in [2.45, 2.75) is 52.6 Å². The summed E-state index contributed by atoms with van der Waals surface area (Å²) in [5, 5.41) is 16.4. The summed E-state index contributed by atoms with van der Waals surface area (Å²) in [5.74, 6) is 0.436. The molecule has 0 radical (unpaired) electrons. The Morgan fingerprint density at radius 2 is 2.17 bits per heavy atom. The van der Waals surface area contributed by atoms with E-state index in [1.807, 2.05) is 20.8 Å². The second-order valence-corrected chi connectivity index (χ2v) is 5.20. The molecule has 1 rings (SSSR count). The van der Waals surface area contributed by atoms with Gasteiger partial charge >= 0.3 is 0 Å². The monoisotopic (exact) mass is 254 g/mol. The summed E-state index contributed by atoms with van der Waals surface area (Å²) in [7, 11) is 0. The number of carbonyl (C=O) groups excluding carboxylic acids is 1. The highest BCUT2D eigenvalue weighted by Crippen LogP contribution is 2.22. The van der Waals surface area contributed by atoms with Crippen molar-refractivity contribution in [3.63, 3.8) is 0 Å². The lowest BCUT2D eigenvalue weighted by Gasteiger charge is -2.21. The lowest BCUT2D eigenvalue weighted by atomic mass is 10.0. The second-order valence-electron chi connectivity index (χ2n) is 5.20. The van der Waals surface area contributed by atoms with Crippen molar-refractivity contribution in [2.75, 3.05) is 6.54 Å². The molecule has 2 N–H and O–H groups in total. The number of hydrogen-bond donors (Lipinski definition) is 2. The molecule has 102 valence electrons. The van der Waals surface area contributed by atoms with Gasteiger partial charge in [-0.3, -0.25) is 4.79 Å². The summed E-state index contributed by atoms with van der Waals surface area (Å²) in [6.45, 7) is 9.40. The Morgan fingerprint density at radius 3 is 2.67 bits per heavy atom. The van der Waals surface area contributed by atoms with E-state index in [-0.39, 0.29) is 18.4 Å². The van der Waals surface area contributed by atoms with Gasteiger partial charge in [-0.1, -0.05) is 25.9 Å². The van der Waals surface area contributed by atoms with E-state index in [2.05, 4.69) is 10.5 Å². The van der Waals surface area contributed by atoms with Crippen molar-refractivity contribution in [1.82, 2.24) is 10.5 Å². The number of hydrogen-bond acceptors (Lipinski definition) is 4. The summed E-state index contributed by atoms with van der Waals surface area (Å²) in [6, 6.07) is 0. The van der Waals surface area contributed by atoms with Gasteiger partial charge in [-0.15, -0.1) is 0 Å². The number of nitrogens with zero attached hydrogens (tertiary/aromatic N) is 1. The van der Waals surface area contributed by atoms with Crippen LogP contribution in [0.2, 0.25) is 0 Å². The predicted molar refractivity (Wildman–Crippen MR) is 68.6 cm³/mol. The summed E-state index contributed by atoms with van der Waals surface area (Å²) in [4.78, 5) is 12.1. The highest BCUT2D eigenvalue weighted by Gasteiger charge is 2.25. The fourth-order valence-electron chi connectivity index (χ4n) is 1.54. The first-order chi connectivity index (χ1) is 8.28. The normalized spacial score (nSPS) is 14.6. The first kappa shape index (κ1) is 14.7. The van der Waals surface area contributed by atoms with Gasteiger partial charge in [0.2, 0.25) is 0 Å². The molecule has 0 fully saturated rings. The molecule has 0 aliphatic rings. The van der Waals surface area contributed by atoms with Crippen LogP contribution in [0.1, 0.15) is 61.8 Å². The molecule has 5 heteroatoms. The molecule has 0 aliphatic carbocycles. The van der Waals surface area contributed by atoms with Crippen LogP contribution < -0.4 is 5.32 Å². The summed E-state index contributed by atoms with van der Waals surface area (Å²) in [5.41, 5.74) is 0.169. The fourth-order valence-corrected chi connectivity index (χ4v) is 1.54. The molecule has 1 aromatic rings. The van der Waals surface area contributed by atoms with Gasteiger partial charge in [0, 0.05) is 12.5 Å². The Labute approximate surface area is 108 Å². The van der Waals surface area contributed by atoms with Crippen LogP contribution in [0, 0.1) is 6.92 Å². The van der Waals surface area contributed by atoms with Crippen molar-refractivity contribution < 1.29 is 14.4 Å². The van der Waals surface area contributed by atoms with Crippen molar-refractivity contribution in [3.05, 3.63) is 17.0 Å². The fraction of sp³-hybridized carbons (Fsp3) is 0.692. The third-order valence-corrected chi connectivity index (χ3v) is 3.03. The van der Waals surface area contributed by atoms with E-state index in [1.165, 1.54) is 0 Å². The third kappa shape index (κ3) is 3.32. The maximum absolute atomic E-state index is 12.1. The zero-order valence-electron chi connectivity index (χ0n) is 11.7. The van der Waals surface area contributed by atoms with E-state index >= 15 is 0 Å². The van der Waals surface area contributed by atoms with Crippen molar-refractivity contribution in [2.24, 2.45) is 0 Å². The predicted octanol–water partition coefficient (Wildman–Crippen LogP) is 2.00. The topological polar surface area (TPSA) is 75.4 Å². The molecule has 0 aromatic carbocycles. The highest BCUT2D eigenvalue weighted by molar-refractivity contribution is 5.96. The number of aliphatic hydroxyl groups is 1. The Kier molecular flexibility index (Phi) is 4.51. The number of aromatic nitrogens is 1. The first-order valence-corrected chi connectivity index (χ1v) is 6.25. The van der Waals surface area contributed by atoms with Gasteiger partial charge in [-0.2, -0.15) is 0 Å². The third-order valence-electron chi connectivity index (χ3n) is 3.03. The molecule has 1 atom stereocenters. The van der Waals surface area contributed by atoms with Crippen LogP contribution in [0.25, 0.3) is 0 Å². The van der Waals surface area contributed by atoms with Gasteiger partial charge in [0.25, 0.3) is 5.91 Å². The van der Waals surface area contributed by atoms with Crippen molar-refractivity contribution in [3.8, 4) is 0 Å². The minimum Gasteiger partial charge on any atom is -0.388 e.